The van der Waals surface area contributed by atoms with E-state index in [4.69, 9.17) is 10.5 Å². The summed E-state index contributed by atoms with van der Waals surface area (Å²) in [5.74, 6) is 0.483. The summed E-state index contributed by atoms with van der Waals surface area (Å²) in [6, 6.07) is 3.58. The summed E-state index contributed by atoms with van der Waals surface area (Å²) in [5.41, 5.74) is 8.14. The number of nitrogens with zero attached hydrogens (tertiary/aromatic N) is 1. The maximum atomic E-state index is 11.3. The summed E-state index contributed by atoms with van der Waals surface area (Å²) in [6.07, 6.45) is 1.15. The van der Waals surface area contributed by atoms with Gasteiger partial charge in [0.15, 0.2) is 6.61 Å². The predicted octanol–water partition coefficient (Wildman–Crippen LogP) is 1.74. The zero-order valence-corrected chi connectivity index (χ0v) is 12.7. The normalized spacial score (nSPS) is 13.6. The Hall–Kier alpha value is -1.95. The molecule has 6 heteroatoms. The first kappa shape index (κ1) is 15.4. The SMILES string of the molecule is CCCN(CC)CCNc1cc2c(cc1N)OCC(=O)N2. The lowest BCUT2D eigenvalue weighted by Crippen LogP contribution is -2.30. The number of likely N-dealkylation sites (N-methyl/N-ethyl adjacent to an activating group) is 1. The van der Waals surface area contributed by atoms with Crippen LogP contribution in [0.4, 0.5) is 17.1 Å². The Morgan fingerprint density at radius 3 is 2.90 bits per heavy atom. The van der Waals surface area contributed by atoms with Crippen LogP contribution in [-0.2, 0) is 4.79 Å². The fraction of sp³-hybridized carbons (Fsp3) is 0.533. The summed E-state index contributed by atoms with van der Waals surface area (Å²) in [7, 11) is 0. The summed E-state index contributed by atoms with van der Waals surface area (Å²) in [5, 5.41) is 6.12. The van der Waals surface area contributed by atoms with Gasteiger partial charge in [0.05, 0.1) is 17.1 Å². The number of carbonyl (C=O) groups is 1. The third-order valence-corrected chi connectivity index (χ3v) is 3.52. The highest BCUT2D eigenvalue weighted by atomic mass is 16.5. The minimum atomic E-state index is -0.140. The number of amides is 1. The van der Waals surface area contributed by atoms with Gasteiger partial charge in [0, 0.05) is 19.2 Å². The third kappa shape index (κ3) is 4.01. The minimum absolute atomic E-state index is 0.0433. The smallest absolute Gasteiger partial charge is 0.262 e. The van der Waals surface area contributed by atoms with E-state index >= 15 is 0 Å². The van der Waals surface area contributed by atoms with Crippen molar-refractivity contribution in [1.82, 2.24) is 4.90 Å². The topological polar surface area (TPSA) is 79.6 Å². The molecule has 0 radical (unpaired) electrons. The van der Waals surface area contributed by atoms with E-state index in [9.17, 15) is 4.79 Å². The highest BCUT2D eigenvalue weighted by Crippen LogP contribution is 2.34. The molecule has 21 heavy (non-hydrogen) atoms. The van der Waals surface area contributed by atoms with Crippen molar-refractivity contribution >= 4 is 23.0 Å². The van der Waals surface area contributed by atoms with Crippen LogP contribution in [0.5, 0.6) is 5.75 Å². The molecule has 0 unspecified atom stereocenters. The van der Waals surface area contributed by atoms with Crippen LogP contribution >= 0.6 is 0 Å². The van der Waals surface area contributed by atoms with Gasteiger partial charge in [-0.25, -0.2) is 0 Å². The molecular weight excluding hydrogens is 268 g/mol. The van der Waals surface area contributed by atoms with E-state index in [1.807, 2.05) is 6.07 Å². The molecule has 0 aromatic heterocycles. The largest absolute Gasteiger partial charge is 0.482 e. The number of nitrogens with one attached hydrogen (secondary N) is 2. The molecule has 116 valence electrons. The van der Waals surface area contributed by atoms with E-state index in [1.165, 1.54) is 0 Å². The average Bonchev–Trinajstić information content (AvgIpc) is 2.47. The van der Waals surface area contributed by atoms with E-state index < -0.39 is 0 Å². The molecule has 1 amide bonds. The summed E-state index contributed by atoms with van der Waals surface area (Å²) in [4.78, 5) is 13.7. The van der Waals surface area contributed by atoms with Crippen LogP contribution in [-0.4, -0.2) is 43.6 Å². The van der Waals surface area contributed by atoms with Crippen LogP contribution in [0.15, 0.2) is 12.1 Å². The number of carbonyl (C=O) groups excluding carboxylic acids is 1. The number of nitrogen functional groups attached to an aromatic ring is 1. The van der Waals surface area contributed by atoms with Gasteiger partial charge in [-0.05, 0) is 25.6 Å². The molecule has 0 spiro atoms. The Bertz CT molecular complexity index is 505. The average molecular weight is 292 g/mol. The number of hydrogen-bond donors (Lipinski definition) is 3. The van der Waals surface area contributed by atoms with Crippen molar-refractivity contribution in [2.75, 3.05) is 49.2 Å². The minimum Gasteiger partial charge on any atom is -0.482 e. The molecular formula is C15H24N4O2. The molecule has 0 saturated carbocycles. The predicted molar refractivity (Wildman–Crippen MR) is 85.9 cm³/mol. The number of anilines is 3. The standard InChI is InChI=1S/C15H24N4O2/c1-3-6-19(4-2)7-5-17-12-9-13-14(8-11(12)16)21-10-15(20)18-13/h8-9,17H,3-7,10,16H2,1-2H3,(H,18,20). The maximum Gasteiger partial charge on any atom is 0.262 e. The molecule has 2 rings (SSSR count). The van der Waals surface area contributed by atoms with Gasteiger partial charge in [0.1, 0.15) is 5.75 Å². The highest BCUT2D eigenvalue weighted by Gasteiger charge is 2.17. The first-order valence-corrected chi connectivity index (χ1v) is 7.46. The Kier molecular flexibility index (Phi) is 5.27. The second-order valence-corrected chi connectivity index (χ2v) is 5.13. The van der Waals surface area contributed by atoms with Gasteiger partial charge < -0.3 is 26.0 Å². The molecule has 0 saturated heterocycles. The van der Waals surface area contributed by atoms with Crippen molar-refractivity contribution in [2.45, 2.75) is 20.3 Å². The Morgan fingerprint density at radius 2 is 2.19 bits per heavy atom. The Balaban J connectivity index is 1.97. The first-order chi connectivity index (χ1) is 10.1. The van der Waals surface area contributed by atoms with Crippen LogP contribution in [0.2, 0.25) is 0 Å². The first-order valence-electron chi connectivity index (χ1n) is 7.46. The van der Waals surface area contributed by atoms with Crippen molar-refractivity contribution in [3.63, 3.8) is 0 Å². The second-order valence-electron chi connectivity index (χ2n) is 5.13. The van der Waals surface area contributed by atoms with Crippen LogP contribution in [0.25, 0.3) is 0 Å². The number of ether oxygens (including phenoxy) is 1. The number of nitrogens with two attached hydrogens (primary N) is 1. The molecule has 1 aliphatic rings. The zero-order chi connectivity index (χ0) is 15.2. The lowest BCUT2D eigenvalue weighted by atomic mass is 10.2. The monoisotopic (exact) mass is 292 g/mol. The molecule has 0 atom stereocenters. The summed E-state index contributed by atoms with van der Waals surface area (Å²) >= 11 is 0. The third-order valence-electron chi connectivity index (χ3n) is 3.52. The molecule has 0 bridgehead atoms. The van der Waals surface area contributed by atoms with Gasteiger partial charge in [-0.1, -0.05) is 13.8 Å². The maximum absolute atomic E-state index is 11.3. The molecule has 1 aromatic carbocycles. The van der Waals surface area contributed by atoms with Crippen molar-refractivity contribution in [3.05, 3.63) is 12.1 Å². The zero-order valence-electron chi connectivity index (χ0n) is 12.7. The molecule has 0 fully saturated rings. The number of hydrogen-bond acceptors (Lipinski definition) is 5. The van der Waals surface area contributed by atoms with Gasteiger partial charge in [0.25, 0.3) is 5.91 Å². The van der Waals surface area contributed by atoms with E-state index in [0.29, 0.717) is 17.1 Å². The van der Waals surface area contributed by atoms with Gasteiger partial charge in [-0.15, -0.1) is 0 Å². The van der Waals surface area contributed by atoms with E-state index in [0.717, 1.165) is 38.3 Å². The summed E-state index contributed by atoms with van der Waals surface area (Å²) < 4.78 is 5.34. The fourth-order valence-corrected chi connectivity index (χ4v) is 2.39. The molecule has 1 heterocycles. The second kappa shape index (κ2) is 7.17. The van der Waals surface area contributed by atoms with Crippen LogP contribution < -0.4 is 21.1 Å². The quantitative estimate of drug-likeness (QED) is 0.667. The Morgan fingerprint density at radius 1 is 1.38 bits per heavy atom. The van der Waals surface area contributed by atoms with Crippen LogP contribution in [0.3, 0.4) is 0 Å². The van der Waals surface area contributed by atoms with Crippen molar-refractivity contribution < 1.29 is 9.53 Å². The van der Waals surface area contributed by atoms with Gasteiger partial charge in [-0.3, -0.25) is 4.79 Å². The molecule has 4 N–H and O–H groups in total. The highest BCUT2D eigenvalue weighted by molar-refractivity contribution is 5.97. The van der Waals surface area contributed by atoms with Crippen molar-refractivity contribution in [2.24, 2.45) is 0 Å². The van der Waals surface area contributed by atoms with Gasteiger partial charge in [-0.2, -0.15) is 0 Å². The number of benzene rings is 1. The van der Waals surface area contributed by atoms with E-state index in [1.54, 1.807) is 6.07 Å². The van der Waals surface area contributed by atoms with E-state index in [-0.39, 0.29) is 12.5 Å². The fourth-order valence-electron chi connectivity index (χ4n) is 2.39. The molecule has 0 aliphatic carbocycles. The van der Waals surface area contributed by atoms with Crippen LogP contribution in [0.1, 0.15) is 20.3 Å². The van der Waals surface area contributed by atoms with Crippen molar-refractivity contribution in [3.8, 4) is 5.75 Å². The lowest BCUT2D eigenvalue weighted by molar-refractivity contribution is -0.118. The van der Waals surface area contributed by atoms with Crippen molar-refractivity contribution in [1.29, 1.82) is 0 Å². The lowest BCUT2D eigenvalue weighted by Gasteiger charge is -2.22. The van der Waals surface area contributed by atoms with Gasteiger partial charge >= 0.3 is 0 Å². The van der Waals surface area contributed by atoms with Gasteiger partial charge in [0.2, 0.25) is 0 Å². The Labute approximate surface area is 125 Å². The number of rotatable bonds is 7. The molecule has 1 aliphatic heterocycles. The van der Waals surface area contributed by atoms with E-state index in [2.05, 4.69) is 29.4 Å². The summed E-state index contributed by atoms with van der Waals surface area (Å²) in [6.45, 7) is 8.30. The molecule has 1 aromatic rings. The number of fused-ring (bicyclic) bond motifs is 1. The van der Waals surface area contributed by atoms with Crippen LogP contribution in [0, 0.1) is 0 Å². The molecule has 6 nitrogen and oxygen atoms in total.